The summed E-state index contributed by atoms with van der Waals surface area (Å²) in [7, 11) is 0. The highest BCUT2D eigenvalue weighted by Crippen LogP contribution is 2.08. The van der Waals surface area contributed by atoms with E-state index in [9.17, 15) is 24.0 Å². The minimum atomic E-state index is -0.290. The fourth-order valence-corrected chi connectivity index (χ4v) is 4.31. The molecule has 0 atom stereocenters. The van der Waals surface area contributed by atoms with E-state index >= 15 is 0 Å². The number of piperazine rings is 2. The fourth-order valence-electron chi connectivity index (χ4n) is 4.31. The summed E-state index contributed by atoms with van der Waals surface area (Å²) in [4.78, 5) is 66.9. The molecule has 3 aliphatic heterocycles. The average molecular weight is 477 g/mol. The largest absolute Gasteiger partial charge is 0.347 e. The summed E-state index contributed by atoms with van der Waals surface area (Å²) in [6.45, 7) is 6.98. The summed E-state index contributed by atoms with van der Waals surface area (Å²) in [5, 5.41) is 5.97. The van der Waals surface area contributed by atoms with Gasteiger partial charge >= 0.3 is 0 Å². The number of nitrogens with one attached hydrogen (secondary N) is 2. The van der Waals surface area contributed by atoms with Crippen molar-refractivity contribution in [2.24, 2.45) is 0 Å². The Kier molecular flexibility index (Phi) is 10.0. The van der Waals surface area contributed by atoms with Gasteiger partial charge in [0.1, 0.15) is 0 Å². The Hall–Kier alpha value is -2.79. The molecule has 3 aliphatic rings. The normalized spacial score (nSPS) is 19.1. The minimum Gasteiger partial charge on any atom is -0.347 e. The van der Waals surface area contributed by atoms with Gasteiger partial charge in [0.2, 0.25) is 17.7 Å². The number of hydrogen-bond donors (Lipinski definition) is 2. The van der Waals surface area contributed by atoms with E-state index in [0.717, 1.165) is 32.7 Å². The molecule has 2 saturated heterocycles. The van der Waals surface area contributed by atoms with Crippen LogP contribution in [0.4, 0.5) is 0 Å². The third-order valence-electron chi connectivity index (χ3n) is 6.46. The van der Waals surface area contributed by atoms with Crippen LogP contribution in [0.25, 0.3) is 0 Å². The van der Waals surface area contributed by atoms with E-state index in [2.05, 4.69) is 15.5 Å². The first-order valence-electron chi connectivity index (χ1n) is 12.2. The van der Waals surface area contributed by atoms with E-state index in [-0.39, 0.29) is 36.1 Å². The van der Waals surface area contributed by atoms with Gasteiger partial charge in [0.25, 0.3) is 11.8 Å². The Bertz CT molecular complexity index is 769. The number of carbonyl (C=O) groups excluding carboxylic acids is 5. The lowest BCUT2D eigenvalue weighted by molar-refractivity contribution is -0.139. The lowest BCUT2D eigenvalue weighted by Gasteiger charge is -2.35. The van der Waals surface area contributed by atoms with Crippen LogP contribution in [-0.2, 0) is 24.0 Å². The van der Waals surface area contributed by atoms with Crippen LogP contribution in [0.3, 0.4) is 0 Å². The highest BCUT2D eigenvalue weighted by Gasteiger charge is 2.25. The van der Waals surface area contributed by atoms with Gasteiger partial charge in [-0.2, -0.15) is 0 Å². The third kappa shape index (κ3) is 7.91. The topological polar surface area (TPSA) is 122 Å². The van der Waals surface area contributed by atoms with Crippen molar-refractivity contribution in [1.82, 2.24) is 30.2 Å². The second-order valence-corrected chi connectivity index (χ2v) is 8.85. The van der Waals surface area contributed by atoms with Crippen molar-refractivity contribution in [1.29, 1.82) is 0 Å². The Labute approximate surface area is 200 Å². The number of rotatable bonds is 11. The Morgan fingerprint density at radius 2 is 1.38 bits per heavy atom. The van der Waals surface area contributed by atoms with Gasteiger partial charge in [-0.05, 0) is 12.8 Å². The third-order valence-corrected chi connectivity index (χ3v) is 6.46. The van der Waals surface area contributed by atoms with Gasteiger partial charge in [0.15, 0.2) is 0 Å². The molecule has 0 spiro atoms. The van der Waals surface area contributed by atoms with Crippen molar-refractivity contribution in [3.63, 3.8) is 0 Å². The zero-order valence-electron chi connectivity index (χ0n) is 19.8. The van der Waals surface area contributed by atoms with Crippen LogP contribution in [0, 0.1) is 0 Å². The maximum atomic E-state index is 12.5. The second-order valence-electron chi connectivity index (χ2n) is 8.85. The van der Waals surface area contributed by atoms with Crippen LogP contribution in [0.5, 0.6) is 0 Å². The predicted octanol–water partition coefficient (Wildman–Crippen LogP) is -1.45. The highest BCUT2D eigenvalue weighted by atomic mass is 16.2. The summed E-state index contributed by atoms with van der Waals surface area (Å²) in [6, 6.07) is 0. The average Bonchev–Trinajstić information content (AvgIpc) is 3.18. The second kappa shape index (κ2) is 13.2. The molecule has 0 aromatic carbocycles. The molecule has 2 fully saturated rings. The number of hydrogen-bond acceptors (Lipinski definition) is 7. The van der Waals surface area contributed by atoms with Gasteiger partial charge < -0.3 is 25.3 Å². The van der Waals surface area contributed by atoms with Crippen molar-refractivity contribution in [3.05, 3.63) is 12.2 Å². The summed E-state index contributed by atoms with van der Waals surface area (Å²) < 4.78 is 0. The van der Waals surface area contributed by atoms with Crippen molar-refractivity contribution in [2.75, 3.05) is 72.0 Å². The molecule has 0 aromatic heterocycles. The van der Waals surface area contributed by atoms with Gasteiger partial charge in [-0.15, -0.1) is 0 Å². The lowest BCUT2D eigenvalue weighted by Crippen LogP contribution is -2.53. The maximum absolute atomic E-state index is 12.5. The SMILES string of the molecule is O=C(CCCCCN1C(=O)C=CC1=O)NCC(=O)N1CCN(C(=O)CCN2CCNCC2)CC1. The fraction of sp³-hybridized carbons (Fsp3) is 0.696. The number of unbranched alkanes of at least 4 members (excludes halogenated alkanes) is 2. The van der Waals surface area contributed by atoms with Crippen LogP contribution in [0.15, 0.2) is 12.2 Å². The van der Waals surface area contributed by atoms with E-state index in [4.69, 9.17) is 0 Å². The van der Waals surface area contributed by atoms with Crippen LogP contribution >= 0.6 is 0 Å². The molecule has 34 heavy (non-hydrogen) atoms. The number of amides is 5. The molecule has 0 saturated carbocycles. The van der Waals surface area contributed by atoms with Crippen molar-refractivity contribution < 1.29 is 24.0 Å². The molecule has 3 heterocycles. The first-order valence-corrected chi connectivity index (χ1v) is 12.2. The molecule has 11 heteroatoms. The van der Waals surface area contributed by atoms with E-state index in [1.807, 2.05) is 4.90 Å². The summed E-state index contributed by atoms with van der Waals surface area (Å²) in [5.74, 6) is -0.776. The van der Waals surface area contributed by atoms with Gasteiger partial charge in [-0.25, -0.2) is 0 Å². The van der Waals surface area contributed by atoms with E-state index in [0.29, 0.717) is 64.8 Å². The van der Waals surface area contributed by atoms with E-state index in [1.165, 1.54) is 17.1 Å². The molecule has 0 aliphatic carbocycles. The van der Waals surface area contributed by atoms with Crippen LogP contribution in [0.1, 0.15) is 32.1 Å². The molecular weight excluding hydrogens is 440 g/mol. The van der Waals surface area contributed by atoms with E-state index < -0.39 is 0 Å². The van der Waals surface area contributed by atoms with Gasteiger partial charge in [-0.3, -0.25) is 28.9 Å². The molecule has 11 nitrogen and oxygen atoms in total. The Morgan fingerprint density at radius 1 is 0.765 bits per heavy atom. The molecule has 5 amide bonds. The first-order chi connectivity index (χ1) is 16.4. The molecule has 3 rings (SSSR count). The summed E-state index contributed by atoms with van der Waals surface area (Å²) in [5.41, 5.74) is 0. The van der Waals surface area contributed by atoms with Crippen LogP contribution in [0.2, 0.25) is 0 Å². The molecule has 0 radical (unpaired) electrons. The number of carbonyl (C=O) groups is 5. The molecule has 188 valence electrons. The first kappa shape index (κ1) is 25.8. The van der Waals surface area contributed by atoms with Crippen LogP contribution < -0.4 is 10.6 Å². The maximum Gasteiger partial charge on any atom is 0.253 e. The lowest BCUT2D eigenvalue weighted by atomic mass is 10.2. The monoisotopic (exact) mass is 476 g/mol. The molecule has 0 aromatic rings. The Balaban J connectivity index is 1.22. The van der Waals surface area contributed by atoms with Crippen molar-refractivity contribution in [3.8, 4) is 0 Å². The summed E-state index contributed by atoms with van der Waals surface area (Å²) >= 11 is 0. The molecule has 0 bridgehead atoms. The number of imide groups is 1. The van der Waals surface area contributed by atoms with Gasteiger partial charge in [0.05, 0.1) is 6.54 Å². The zero-order valence-corrected chi connectivity index (χ0v) is 19.8. The molecule has 2 N–H and O–H groups in total. The van der Waals surface area contributed by atoms with Crippen LogP contribution in [-0.4, -0.2) is 121 Å². The standard InChI is InChI=1S/C23H36N6O5/c30-19(4-2-1-3-10-29-21(32)5-6-22(29)33)25-18-23(34)28-16-14-27(15-17-28)20(31)7-11-26-12-8-24-9-13-26/h5-6,24H,1-4,7-18H2,(H,25,30). The smallest absolute Gasteiger partial charge is 0.253 e. The Morgan fingerprint density at radius 3 is 2.03 bits per heavy atom. The molecule has 0 unspecified atom stereocenters. The van der Waals surface area contributed by atoms with Gasteiger partial charge in [-0.1, -0.05) is 6.42 Å². The quantitative estimate of drug-likeness (QED) is 0.276. The highest BCUT2D eigenvalue weighted by molar-refractivity contribution is 6.12. The van der Waals surface area contributed by atoms with Crippen molar-refractivity contribution >= 4 is 29.5 Å². The van der Waals surface area contributed by atoms with E-state index in [1.54, 1.807) is 4.90 Å². The zero-order chi connectivity index (χ0) is 24.3. The minimum absolute atomic E-state index is 0.0434. The molecular formula is C23H36N6O5. The van der Waals surface area contributed by atoms with Gasteiger partial charge in [0, 0.05) is 90.4 Å². The van der Waals surface area contributed by atoms with Crippen molar-refractivity contribution in [2.45, 2.75) is 32.1 Å². The predicted molar refractivity (Wildman–Crippen MR) is 124 cm³/mol. The number of nitrogens with zero attached hydrogens (tertiary/aromatic N) is 4. The summed E-state index contributed by atoms with van der Waals surface area (Å²) in [6.07, 6.45) is 5.30.